The number of hydrogen-bond acceptors (Lipinski definition) is 2. The molecule has 0 spiro atoms. The van der Waals surface area contributed by atoms with Gasteiger partial charge in [-0.05, 0) is 43.3 Å². The van der Waals surface area contributed by atoms with E-state index in [4.69, 9.17) is 0 Å². The monoisotopic (exact) mass is 274 g/mol. The summed E-state index contributed by atoms with van der Waals surface area (Å²) in [6, 6.07) is 11.4. The number of hydrogen-bond donors (Lipinski definition) is 1. The lowest BCUT2D eigenvalue weighted by atomic mass is 9.85. The maximum absolute atomic E-state index is 3.78. The second-order valence-electron chi connectivity index (χ2n) is 7.23. The predicted octanol–water partition coefficient (Wildman–Crippen LogP) is 3.85. The fourth-order valence-corrected chi connectivity index (χ4v) is 3.01. The minimum absolute atomic E-state index is 0.348. The molecule has 1 aliphatic rings. The Labute approximate surface area is 124 Å². The van der Waals surface area contributed by atoms with Gasteiger partial charge >= 0.3 is 0 Å². The van der Waals surface area contributed by atoms with Gasteiger partial charge in [0.25, 0.3) is 0 Å². The zero-order chi connectivity index (χ0) is 14.4. The van der Waals surface area contributed by atoms with Crippen LogP contribution in [0.15, 0.2) is 30.3 Å². The summed E-state index contributed by atoms with van der Waals surface area (Å²) in [7, 11) is 0. The van der Waals surface area contributed by atoms with Crippen molar-refractivity contribution in [2.24, 2.45) is 5.41 Å². The van der Waals surface area contributed by atoms with E-state index in [0.29, 0.717) is 11.5 Å². The summed E-state index contributed by atoms with van der Waals surface area (Å²) >= 11 is 0. The Hall–Kier alpha value is -0.860. The minimum atomic E-state index is 0.348. The molecule has 0 aromatic heterocycles. The summed E-state index contributed by atoms with van der Waals surface area (Å²) in [5, 5.41) is 3.78. The molecule has 20 heavy (non-hydrogen) atoms. The van der Waals surface area contributed by atoms with Gasteiger partial charge in [-0.2, -0.15) is 0 Å². The summed E-state index contributed by atoms with van der Waals surface area (Å²) < 4.78 is 0. The summed E-state index contributed by atoms with van der Waals surface area (Å²) in [6.45, 7) is 11.8. The third-order valence-electron chi connectivity index (χ3n) is 4.04. The van der Waals surface area contributed by atoms with Gasteiger partial charge in [0, 0.05) is 19.1 Å². The van der Waals surface area contributed by atoms with E-state index in [9.17, 15) is 0 Å². The molecule has 0 radical (unpaired) electrons. The highest BCUT2D eigenvalue weighted by Gasteiger charge is 2.20. The van der Waals surface area contributed by atoms with Gasteiger partial charge in [-0.1, -0.05) is 51.1 Å². The highest BCUT2D eigenvalue weighted by molar-refractivity contribution is 5.19. The Morgan fingerprint density at radius 1 is 1.10 bits per heavy atom. The molecule has 1 atom stereocenters. The molecule has 0 bridgehead atoms. The van der Waals surface area contributed by atoms with Crippen molar-refractivity contribution in [1.82, 2.24) is 10.2 Å². The quantitative estimate of drug-likeness (QED) is 0.847. The Morgan fingerprint density at radius 2 is 1.75 bits per heavy atom. The number of nitrogens with one attached hydrogen (secondary N) is 1. The molecular formula is C18H30N2. The van der Waals surface area contributed by atoms with Crippen LogP contribution >= 0.6 is 0 Å². The Morgan fingerprint density at radius 3 is 2.35 bits per heavy atom. The highest BCUT2D eigenvalue weighted by atomic mass is 15.2. The fraction of sp³-hybridized carbons (Fsp3) is 0.667. The lowest BCUT2D eigenvalue weighted by Crippen LogP contribution is -2.33. The fourth-order valence-electron chi connectivity index (χ4n) is 3.01. The van der Waals surface area contributed by atoms with E-state index in [1.807, 2.05) is 0 Å². The van der Waals surface area contributed by atoms with Crippen molar-refractivity contribution in [3.63, 3.8) is 0 Å². The van der Waals surface area contributed by atoms with E-state index in [0.717, 1.165) is 6.54 Å². The molecule has 2 nitrogen and oxygen atoms in total. The third kappa shape index (κ3) is 5.26. The van der Waals surface area contributed by atoms with Crippen molar-refractivity contribution in [2.75, 3.05) is 26.2 Å². The molecule has 2 heteroatoms. The van der Waals surface area contributed by atoms with Gasteiger partial charge in [0.05, 0.1) is 0 Å². The second kappa shape index (κ2) is 7.24. The van der Waals surface area contributed by atoms with E-state index >= 15 is 0 Å². The first kappa shape index (κ1) is 15.5. The number of nitrogens with zero attached hydrogens (tertiary/aromatic N) is 1. The van der Waals surface area contributed by atoms with Gasteiger partial charge < -0.3 is 10.2 Å². The van der Waals surface area contributed by atoms with E-state index in [-0.39, 0.29) is 0 Å². The zero-order valence-corrected chi connectivity index (χ0v) is 13.4. The molecule has 2 rings (SSSR count). The first-order valence-corrected chi connectivity index (χ1v) is 8.05. The maximum Gasteiger partial charge on any atom is 0.0325 e. The van der Waals surface area contributed by atoms with Gasteiger partial charge in [-0.25, -0.2) is 0 Å². The van der Waals surface area contributed by atoms with Crippen LogP contribution in [0.5, 0.6) is 0 Å². The summed E-state index contributed by atoms with van der Waals surface area (Å²) in [5.41, 5.74) is 1.77. The van der Waals surface area contributed by atoms with Crippen molar-refractivity contribution in [1.29, 1.82) is 0 Å². The smallest absolute Gasteiger partial charge is 0.0325 e. The molecule has 1 N–H and O–H groups in total. The number of benzene rings is 1. The Balaban J connectivity index is 1.88. The van der Waals surface area contributed by atoms with Crippen molar-refractivity contribution in [3.8, 4) is 0 Å². The molecule has 1 unspecified atom stereocenters. The average molecular weight is 274 g/mol. The first-order valence-electron chi connectivity index (χ1n) is 8.05. The lowest BCUT2D eigenvalue weighted by molar-refractivity contribution is 0.287. The molecule has 1 heterocycles. The van der Waals surface area contributed by atoms with Crippen LogP contribution in [-0.2, 0) is 0 Å². The largest absolute Gasteiger partial charge is 0.309 e. The molecule has 112 valence electrons. The summed E-state index contributed by atoms with van der Waals surface area (Å²) in [6.07, 6.45) is 3.94. The molecule has 0 aliphatic carbocycles. The minimum Gasteiger partial charge on any atom is -0.309 e. The van der Waals surface area contributed by atoms with E-state index in [1.165, 1.54) is 44.5 Å². The van der Waals surface area contributed by atoms with Crippen LogP contribution in [0.2, 0.25) is 0 Å². The standard InChI is InChI=1S/C18H30N2/c1-18(2,3)15-17(16-9-5-4-6-10-16)19-11-14-20-12-7-8-13-20/h4-6,9-10,17,19H,7-8,11-15H2,1-3H3. The topological polar surface area (TPSA) is 15.3 Å². The van der Waals surface area contributed by atoms with Crippen LogP contribution in [0.25, 0.3) is 0 Å². The molecule has 0 amide bonds. The number of rotatable bonds is 6. The van der Waals surface area contributed by atoms with Gasteiger partial charge in [-0.3, -0.25) is 0 Å². The third-order valence-corrected chi connectivity index (χ3v) is 4.04. The average Bonchev–Trinajstić information content (AvgIpc) is 2.90. The van der Waals surface area contributed by atoms with Crippen LogP contribution in [0.1, 0.15) is 51.6 Å². The van der Waals surface area contributed by atoms with Gasteiger partial charge in [0.1, 0.15) is 0 Å². The summed E-state index contributed by atoms with van der Waals surface area (Å²) in [4.78, 5) is 2.58. The molecule has 1 aromatic rings. The summed E-state index contributed by atoms with van der Waals surface area (Å²) in [5.74, 6) is 0. The van der Waals surface area contributed by atoms with E-state index in [1.54, 1.807) is 0 Å². The zero-order valence-electron chi connectivity index (χ0n) is 13.4. The molecule has 1 aromatic carbocycles. The van der Waals surface area contributed by atoms with Crippen molar-refractivity contribution >= 4 is 0 Å². The predicted molar refractivity (Wildman–Crippen MR) is 86.9 cm³/mol. The Kier molecular flexibility index (Phi) is 5.62. The molecular weight excluding hydrogens is 244 g/mol. The van der Waals surface area contributed by atoms with Gasteiger partial charge in [-0.15, -0.1) is 0 Å². The van der Waals surface area contributed by atoms with Crippen LogP contribution in [0.3, 0.4) is 0 Å². The maximum atomic E-state index is 3.78. The second-order valence-corrected chi connectivity index (χ2v) is 7.23. The Bertz CT molecular complexity index is 374. The molecule has 1 saturated heterocycles. The van der Waals surface area contributed by atoms with E-state index in [2.05, 4.69) is 61.3 Å². The van der Waals surface area contributed by atoms with Crippen LogP contribution < -0.4 is 5.32 Å². The number of likely N-dealkylation sites (tertiary alicyclic amines) is 1. The van der Waals surface area contributed by atoms with Gasteiger partial charge in [0.15, 0.2) is 0 Å². The van der Waals surface area contributed by atoms with Crippen LogP contribution in [-0.4, -0.2) is 31.1 Å². The van der Waals surface area contributed by atoms with E-state index < -0.39 is 0 Å². The van der Waals surface area contributed by atoms with Crippen molar-refractivity contribution in [3.05, 3.63) is 35.9 Å². The normalized spacial score (nSPS) is 18.4. The molecule has 1 fully saturated rings. The van der Waals surface area contributed by atoms with Crippen LogP contribution in [0, 0.1) is 5.41 Å². The van der Waals surface area contributed by atoms with Gasteiger partial charge in [0.2, 0.25) is 0 Å². The first-order chi connectivity index (χ1) is 9.54. The van der Waals surface area contributed by atoms with Crippen LogP contribution in [0.4, 0.5) is 0 Å². The molecule has 1 aliphatic heterocycles. The van der Waals surface area contributed by atoms with Crippen molar-refractivity contribution in [2.45, 2.75) is 46.1 Å². The molecule has 0 saturated carbocycles. The SMILES string of the molecule is CC(C)(C)CC(NCCN1CCCC1)c1ccccc1. The highest BCUT2D eigenvalue weighted by Crippen LogP contribution is 2.29. The lowest BCUT2D eigenvalue weighted by Gasteiger charge is -2.28. The van der Waals surface area contributed by atoms with Crippen molar-refractivity contribution < 1.29 is 0 Å².